The first-order chi connectivity index (χ1) is 9.44. The predicted molar refractivity (Wildman–Crippen MR) is 87.7 cm³/mol. The molecule has 20 heavy (non-hydrogen) atoms. The zero-order valence-electron chi connectivity index (χ0n) is 10.1. The van der Waals surface area contributed by atoms with Gasteiger partial charge < -0.3 is 16.4 Å². The molecule has 4 N–H and O–H groups in total. The molecule has 0 unspecified atom stereocenters. The molecule has 0 aliphatic heterocycles. The summed E-state index contributed by atoms with van der Waals surface area (Å²) in [5.74, 6) is 0. The number of nitrogens with two attached hydrogens (primary N) is 1. The molecule has 0 spiro atoms. The highest BCUT2D eigenvalue weighted by molar-refractivity contribution is 9.10. The van der Waals surface area contributed by atoms with Crippen molar-refractivity contribution in [2.45, 2.75) is 0 Å². The summed E-state index contributed by atoms with van der Waals surface area (Å²) in [6.07, 6.45) is 0. The van der Waals surface area contributed by atoms with Crippen molar-refractivity contribution in [1.29, 1.82) is 0 Å². The van der Waals surface area contributed by atoms with Gasteiger partial charge in [-0.2, -0.15) is 0 Å². The van der Waals surface area contributed by atoms with Crippen molar-refractivity contribution in [3.8, 4) is 0 Å². The molecular weight excluding hydrogens is 365 g/mol. The third-order valence-electron chi connectivity index (χ3n) is 2.38. The van der Waals surface area contributed by atoms with Crippen LogP contribution < -0.4 is 16.4 Å². The van der Waals surface area contributed by atoms with Crippen LogP contribution in [0.4, 0.5) is 21.9 Å². The number of amides is 2. The van der Waals surface area contributed by atoms with E-state index in [9.17, 15) is 4.79 Å². The average molecular weight is 375 g/mol. The van der Waals surface area contributed by atoms with Crippen LogP contribution in [-0.4, -0.2) is 6.03 Å². The van der Waals surface area contributed by atoms with E-state index < -0.39 is 6.03 Å². The molecule has 0 heterocycles. The third-order valence-corrected chi connectivity index (χ3v) is 3.31. The van der Waals surface area contributed by atoms with Crippen LogP contribution in [-0.2, 0) is 0 Å². The fourth-order valence-corrected chi connectivity index (χ4v) is 2.46. The lowest BCUT2D eigenvalue weighted by Crippen LogP contribution is -2.20. The van der Waals surface area contributed by atoms with E-state index in [-0.39, 0.29) is 0 Å². The first kappa shape index (κ1) is 15.0. The second kappa shape index (κ2) is 6.35. The number of urea groups is 1. The van der Waals surface area contributed by atoms with Gasteiger partial charge in [-0.25, -0.2) is 4.79 Å². The Morgan fingerprint density at radius 3 is 2.30 bits per heavy atom. The van der Waals surface area contributed by atoms with Gasteiger partial charge in [0.05, 0.1) is 11.4 Å². The Morgan fingerprint density at radius 1 is 1.05 bits per heavy atom. The highest BCUT2D eigenvalue weighted by Crippen LogP contribution is 2.24. The normalized spacial score (nSPS) is 10.2. The average Bonchev–Trinajstić information content (AvgIpc) is 2.31. The third kappa shape index (κ3) is 4.03. The first-order valence-corrected chi connectivity index (χ1v) is 7.08. The van der Waals surface area contributed by atoms with Crippen LogP contribution >= 0.6 is 39.1 Å². The van der Waals surface area contributed by atoms with Crippen LogP contribution in [0.2, 0.25) is 10.0 Å². The molecule has 0 aromatic heterocycles. The summed E-state index contributed by atoms with van der Waals surface area (Å²) in [6, 6.07) is 9.52. The highest BCUT2D eigenvalue weighted by Gasteiger charge is 2.07. The zero-order valence-corrected chi connectivity index (χ0v) is 13.2. The van der Waals surface area contributed by atoms with Gasteiger partial charge in [0.2, 0.25) is 0 Å². The molecular formula is C13H10BrCl2N3O. The van der Waals surface area contributed by atoms with Gasteiger partial charge in [-0.15, -0.1) is 0 Å². The van der Waals surface area contributed by atoms with E-state index >= 15 is 0 Å². The van der Waals surface area contributed by atoms with Crippen molar-refractivity contribution < 1.29 is 4.79 Å². The lowest BCUT2D eigenvalue weighted by atomic mass is 10.3. The van der Waals surface area contributed by atoms with Crippen molar-refractivity contribution in [1.82, 2.24) is 0 Å². The van der Waals surface area contributed by atoms with Crippen LogP contribution in [0.15, 0.2) is 40.9 Å². The van der Waals surface area contributed by atoms with E-state index in [1.165, 1.54) is 0 Å². The minimum atomic E-state index is -0.433. The molecule has 0 atom stereocenters. The maximum Gasteiger partial charge on any atom is 0.323 e. The van der Waals surface area contributed by atoms with Crippen LogP contribution in [0.5, 0.6) is 0 Å². The highest BCUT2D eigenvalue weighted by atomic mass is 79.9. The molecule has 0 saturated heterocycles. The Bertz CT molecular complexity index is 644. The fraction of sp³-hybridized carbons (Fsp3) is 0. The summed E-state index contributed by atoms with van der Waals surface area (Å²) in [4.78, 5) is 11.9. The largest absolute Gasteiger partial charge is 0.397 e. The monoisotopic (exact) mass is 373 g/mol. The number of carbonyl (C=O) groups is 1. The molecule has 2 amide bonds. The Labute approximate surface area is 134 Å². The second-order valence-electron chi connectivity index (χ2n) is 3.97. The summed E-state index contributed by atoms with van der Waals surface area (Å²) >= 11 is 15.0. The summed E-state index contributed by atoms with van der Waals surface area (Å²) in [7, 11) is 0. The van der Waals surface area contributed by atoms with Crippen molar-refractivity contribution >= 4 is 62.2 Å². The van der Waals surface area contributed by atoms with Gasteiger partial charge in [0.25, 0.3) is 0 Å². The van der Waals surface area contributed by atoms with Crippen LogP contribution in [0.3, 0.4) is 0 Å². The molecule has 0 aliphatic rings. The molecule has 0 aliphatic carbocycles. The fourth-order valence-electron chi connectivity index (χ4n) is 1.56. The van der Waals surface area contributed by atoms with Gasteiger partial charge in [0.15, 0.2) is 0 Å². The smallest absolute Gasteiger partial charge is 0.323 e. The van der Waals surface area contributed by atoms with Crippen molar-refractivity contribution in [3.63, 3.8) is 0 Å². The topological polar surface area (TPSA) is 67.1 Å². The molecule has 2 rings (SSSR count). The molecule has 7 heteroatoms. The van der Waals surface area contributed by atoms with Crippen LogP contribution in [0, 0.1) is 0 Å². The predicted octanol–water partition coefficient (Wildman–Crippen LogP) is 4.98. The number of carbonyl (C=O) groups excluding carboxylic acids is 1. The first-order valence-electron chi connectivity index (χ1n) is 5.53. The van der Waals surface area contributed by atoms with E-state index in [4.69, 9.17) is 28.9 Å². The van der Waals surface area contributed by atoms with Gasteiger partial charge >= 0.3 is 6.03 Å². The van der Waals surface area contributed by atoms with E-state index in [1.54, 1.807) is 36.4 Å². The number of benzene rings is 2. The van der Waals surface area contributed by atoms with Crippen LogP contribution in [0.25, 0.3) is 0 Å². The van der Waals surface area contributed by atoms with Crippen LogP contribution in [0.1, 0.15) is 0 Å². The zero-order chi connectivity index (χ0) is 14.7. The standard InChI is InChI=1S/C13H10BrCl2N3O/c14-7-1-2-12(11(17)3-7)19-13(20)18-10-5-8(15)4-9(16)6-10/h1-6H,17H2,(H2,18,19,20). The number of nitrogen functional groups attached to an aromatic ring is 1. The Morgan fingerprint density at radius 2 is 1.70 bits per heavy atom. The molecule has 2 aromatic carbocycles. The lowest BCUT2D eigenvalue weighted by molar-refractivity contribution is 0.262. The minimum absolute atomic E-state index is 0.433. The Hall–Kier alpha value is -1.43. The van der Waals surface area contributed by atoms with E-state index in [0.29, 0.717) is 27.1 Å². The van der Waals surface area contributed by atoms with E-state index in [0.717, 1.165) is 4.47 Å². The summed E-state index contributed by atoms with van der Waals surface area (Å²) in [5.41, 5.74) is 7.26. The second-order valence-corrected chi connectivity index (χ2v) is 5.76. The number of nitrogens with one attached hydrogen (secondary N) is 2. The number of anilines is 3. The molecule has 0 fully saturated rings. The van der Waals surface area contributed by atoms with Crippen molar-refractivity contribution in [2.24, 2.45) is 0 Å². The molecule has 0 saturated carbocycles. The molecule has 4 nitrogen and oxygen atoms in total. The number of rotatable bonds is 2. The van der Waals surface area contributed by atoms with Gasteiger partial charge in [0, 0.05) is 20.2 Å². The van der Waals surface area contributed by atoms with Crippen molar-refractivity contribution in [2.75, 3.05) is 16.4 Å². The Balaban J connectivity index is 2.09. The van der Waals surface area contributed by atoms with Gasteiger partial charge in [-0.1, -0.05) is 39.1 Å². The molecule has 0 bridgehead atoms. The van der Waals surface area contributed by atoms with Gasteiger partial charge in [-0.3, -0.25) is 0 Å². The van der Waals surface area contributed by atoms with Crippen molar-refractivity contribution in [3.05, 3.63) is 50.9 Å². The molecule has 2 aromatic rings. The van der Waals surface area contributed by atoms with Gasteiger partial charge in [0.1, 0.15) is 0 Å². The quantitative estimate of drug-likeness (QED) is 0.648. The molecule has 104 valence electrons. The van der Waals surface area contributed by atoms with Gasteiger partial charge in [-0.05, 0) is 36.4 Å². The maximum absolute atomic E-state index is 11.9. The van der Waals surface area contributed by atoms with E-state index in [2.05, 4.69) is 26.6 Å². The number of hydrogen-bond acceptors (Lipinski definition) is 2. The summed E-state index contributed by atoms with van der Waals surface area (Å²) < 4.78 is 0.836. The minimum Gasteiger partial charge on any atom is -0.397 e. The Kier molecular flexibility index (Phi) is 4.75. The van der Waals surface area contributed by atoms with E-state index in [1.807, 2.05) is 0 Å². The maximum atomic E-state index is 11.9. The summed E-state index contributed by atoms with van der Waals surface area (Å²) in [6.45, 7) is 0. The summed E-state index contributed by atoms with van der Waals surface area (Å²) in [5, 5.41) is 6.15. The molecule has 0 radical (unpaired) electrons. The lowest BCUT2D eigenvalue weighted by Gasteiger charge is -2.10. The SMILES string of the molecule is Nc1cc(Br)ccc1NC(=O)Nc1cc(Cl)cc(Cl)c1. The number of hydrogen-bond donors (Lipinski definition) is 3. The number of halogens is 3.